The minimum absolute atomic E-state index is 0.176. The van der Waals surface area contributed by atoms with E-state index in [9.17, 15) is 4.79 Å². The largest absolute Gasteiger partial charge is 0.462 e. The number of quaternary nitrogens is 1. The first-order valence-electron chi connectivity index (χ1n) is 3.92. The molecule has 3 N–H and O–H groups in total. The Hall–Kier alpha value is -0.610. The highest BCUT2D eigenvalue weighted by molar-refractivity contribution is 5.74. The third-order valence-corrected chi connectivity index (χ3v) is 1.81. The summed E-state index contributed by atoms with van der Waals surface area (Å²) in [6, 6.07) is -0.176. The van der Waals surface area contributed by atoms with Crippen molar-refractivity contribution in [2.45, 2.75) is 25.5 Å². The van der Waals surface area contributed by atoms with Gasteiger partial charge in [-0.05, 0) is 6.92 Å². The third-order valence-electron chi connectivity index (χ3n) is 1.81. The average Bonchev–Trinajstić information content (AvgIpc) is 2.36. The van der Waals surface area contributed by atoms with Crippen LogP contribution in [-0.4, -0.2) is 36.4 Å². The molecule has 1 aliphatic heterocycles. The van der Waals surface area contributed by atoms with Crippen molar-refractivity contribution in [2.24, 2.45) is 0 Å². The second kappa shape index (κ2) is 3.69. The van der Waals surface area contributed by atoms with Crippen molar-refractivity contribution in [1.82, 2.24) is 0 Å². The van der Waals surface area contributed by atoms with Crippen molar-refractivity contribution >= 4 is 5.97 Å². The fourth-order valence-corrected chi connectivity index (χ4v) is 1.25. The number of carbonyl (C=O) groups excluding carboxylic acids is 1. The molecule has 1 rings (SSSR count). The topological polar surface area (TPSA) is 63.1 Å². The number of ether oxygens (including phenoxy) is 1. The van der Waals surface area contributed by atoms with Crippen LogP contribution >= 0.6 is 0 Å². The predicted molar refractivity (Wildman–Crippen MR) is 37.8 cm³/mol. The van der Waals surface area contributed by atoms with Gasteiger partial charge in [0, 0.05) is 6.42 Å². The molecule has 0 unspecified atom stereocenters. The molecule has 4 nitrogen and oxygen atoms in total. The van der Waals surface area contributed by atoms with E-state index in [0.29, 0.717) is 19.6 Å². The highest BCUT2D eigenvalue weighted by Gasteiger charge is 2.33. The molecule has 64 valence electrons. The van der Waals surface area contributed by atoms with Gasteiger partial charge in [0.2, 0.25) is 0 Å². The van der Waals surface area contributed by atoms with Crippen molar-refractivity contribution in [2.75, 3.05) is 13.2 Å². The summed E-state index contributed by atoms with van der Waals surface area (Å²) in [5.41, 5.74) is 0. The van der Waals surface area contributed by atoms with Gasteiger partial charge in [0.1, 0.15) is 12.6 Å². The van der Waals surface area contributed by atoms with Crippen LogP contribution in [0.15, 0.2) is 0 Å². The van der Waals surface area contributed by atoms with Gasteiger partial charge >= 0.3 is 5.97 Å². The molecule has 0 aliphatic carbocycles. The van der Waals surface area contributed by atoms with Crippen LogP contribution in [0.3, 0.4) is 0 Å². The van der Waals surface area contributed by atoms with Gasteiger partial charge in [-0.3, -0.25) is 0 Å². The summed E-state index contributed by atoms with van der Waals surface area (Å²) < 4.78 is 4.79. The highest BCUT2D eigenvalue weighted by Crippen LogP contribution is 2.00. The van der Waals surface area contributed by atoms with Gasteiger partial charge in [0.15, 0.2) is 6.04 Å². The van der Waals surface area contributed by atoms with Crippen LogP contribution < -0.4 is 5.32 Å². The lowest BCUT2D eigenvalue weighted by Crippen LogP contribution is -2.89. The molecule has 4 heteroatoms. The number of rotatable bonds is 2. The molecule has 0 aromatic carbocycles. The van der Waals surface area contributed by atoms with E-state index >= 15 is 0 Å². The Morgan fingerprint density at radius 3 is 3.00 bits per heavy atom. The van der Waals surface area contributed by atoms with Gasteiger partial charge in [-0.25, -0.2) is 4.79 Å². The van der Waals surface area contributed by atoms with Crippen molar-refractivity contribution in [3.05, 3.63) is 0 Å². The standard InChI is InChI=1S/C7H13NO3/c1-2-11-7(10)6-3-5(9)4-8-6/h5-6,8-9H,2-4H2,1H3/p+1/t5-,6-/m1/s1. The molecular formula is C7H14NO3+. The van der Waals surface area contributed by atoms with Crippen molar-refractivity contribution in [3.8, 4) is 0 Å². The van der Waals surface area contributed by atoms with Crippen LogP contribution in [0.25, 0.3) is 0 Å². The maximum Gasteiger partial charge on any atom is 0.364 e. The Balaban J connectivity index is 2.31. The Bertz CT molecular complexity index is 149. The van der Waals surface area contributed by atoms with Gasteiger partial charge < -0.3 is 15.2 Å². The molecule has 0 saturated carbocycles. The SMILES string of the molecule is CCOC(=O)[C@H]1C[C@@H](O)C[NH2+]1. The summed E-state index contributed by atoms with van der Waals surface area (Å²) in [6.45, 7) is 2.81. The minimum atomic E-state index is -0.343. The molecule has 1 fully saturated rings. The van der Waals surface area contributed by atoms with E-state index in [1.54, 1.807) is 6.92 Å². The van der Waals surface area contributed by atoms with Gasteiger partial charge in [-0.15, -0.1) is 0 Å². The maximum atomic E-state index is 11.0. The molecule has 11 heavy (non-hydrogen) atoms. The van der Waals surface area contributed by atoms with Crippen LogP contribution in [0.5, 0.6) is 0 Å². The predicted octanol–water partition coefficient (Wildman–Crippen LogP) is -1.75. The van der Waals surface area contributed by atoms with Crippen molar-refractivity contribution in [1.29, 1.82) is 0 Å². The number of nitrogens with two attached hydrogens (primary N) is 1. The van der Waals surface area contributed by atoms with Gasteiger partial charge in [-0.1, -0.05) is 0 Å². The molecule has 0 aromatic rings. The van der Waals surface area contributed by atoms with Crippen molar-refractivity contribution in [3.63, 3.8) is 0 Å². The Morgan fingerprint density at radius 1 is 1.82 bits per heavy atom. The monoisotopic (exact) mass is 160 g/mol. The molecule has 0 aromatic heterocycles. The zero-order chi connectivity index (χ0) is 8.27. The van der Waals surface area contributed by atoms with Crippen LogP contribution in [0.2, 0.25) is 0 Å². The molecule has 1 aliphatic rings. The number of aliphatic hydroxyl groups excluding tert-OH is 1. The third kappa shape index (κ3) is 2.17. The Morgan fingerprint density at radius 2 is 2.55 bits per heavy atom. The fourth-order valence-electron chi connectivity index (χ4n) is 1.25. The zero-order valence-electron chi connectivity index (χ0n) is 6.62. The second-order valence-electron chi connectivity index (χ2n) is 2.72. The molecule has 0 radical (unpaired) electrons. The Labute approximate surface area is 65.5 Å². The molecule has 2 atom stereocenters. The van der Waals surface area contributed by atoms with Gasteiger partial charge in [-0.2, -0.15) is 0 Å². The van der Waals surface area contributed by atoms with Crippen molar-refractivity contribution < 1.29 is 20.0 Å². The number of hydrogen-bond acceptors (Lipinski definition) is 3. The lowest BCUT2D eigenvalue weighted by Gasteiger charge is -2.04. The zero-order valence-corrected chi connectivity index (χ0v) is 6.62. The summed E-state index contributed by atoms with van der Waals surface area (Å²) >= 11 is 0. The molecule has 1 heterocycles. The highest BCUT2D eigenvalue weighted by atomic mass is 16.5. The second-order valence-corrected chi connectivity index (χ2v) is 2.72. The molecule has 0 spiro atoms. The van der Waals surface area contributed by atoms with Crippen LogP contribution in [0.1, 0.15) is 13.3 Å². The fraction of sp³-hybridized carbons (Fsp3) is 0.857. The van der Waals surface area contributed by atoms with Crippen LogP contribution in [0.4, 0.5) is 0 Å². The van der Waals surface area contributed by atoms with E-state index < -0.39 is 0 Å². The first-order chi connectivity index (χ1) is 5.24. The van der Waals surface area contributed by atoms with E-state index in [1.807, 2.05) is 5.32 Å². The summed E-state index contributed by atoms with van der Waals surface area (Å²) in [7, 11) is 0. The first-order valence-corrected chi connectivity index (χ1v) is 3.92. The molecule has 0 amide bonds. The van der Waals surface area contributed by atoms with Gasteiger partial charge in [0.05, 0.1) is 6.61 Å². The van der Waals surface area contributed by atoms with E-state index in [0.717, 1.165) is 0 Å². The molecule has 1 saturated heterocycles. The van der Waals surface area contributed by atoms with Crippen LogP contribution in [0, 0.1) is 0 Å². The lowest BCUT2D eigenvalue weighted by molar-refractivity contribution is -0.661. The number of aliphatic hydroxyl groups is 1. The smallest absolute Gasteiger partial charge is 0.364 e. The number of hydrogen-bond donors (Lipinski definition) is 2. The summed E-state index contributed by atoms with van der Waals surface area (Å²) in [5, 5.41) is 10.9. The normalized spacial score (nSPS) is 30.4. The maximum absolute atomic E-state index is 11.0. The summed E-state index contributed by atoms with van der Waals surface area (Å²) in [4.78, 5) is 11.0. The van der Waals surface area contributed by atoms with E-state index in [4.69, 9.17) is 9.84 Å². The van der Waals surface area contributed by atoms with Gasteiger partial charge in [0.25, 0.3) is 0 Å². The summed E-state index contributed by atoms with van der Waals surface area (Å²) in [5.74, 6) is -0.205. The van der Waals surface area contributed by atoms with E-state index in [-0.39, 0.29) is 18.1 Å². The van der Waals surface area contributed by atoms with Crippen LogP contribution in [-0.2, 0) is 9.53 Å². The summed E-state index contributed by atoms with van der Waals surface area (Å²) in [6.07, 6.45) is 0.183. The molecule has 0 bridgehead atoms. The number of esters is 1. The van der Waals surface area contributed by atoms with E-state index in [2.05, 4.69) is 0 Å². The quantitative estimate of drug-likeness (QED) is 0.471. The number of carbonyl (C=O) groups is 1. The minimum Gasteiger partial charge on any atom is -0.462 e. The van der Waals surface area contributed by atoms with E-state index in [1.165, 1.54) is 0 Å². The molecular weight excluding hydrogens is 146 g/mol. The average molecular weight is 160 g/mol. The first kappa shape index (κ1) is 8.49. The Kier molecular flexibility index (Phi) is 2.84. The lowest BCUT2D eigenvalue weighted by atomic mass is 10.2.